The second kappa shape index (κ2) is 5.08. The monoisotopic (exact) mass is 256 g/mol. The minimum absolute atomic E-state index is 0.540. The molecule has 19 heavy (non-hydrogen) atoms. The van der Waals surface area contributed by atoms with Crippen LogP contribution in [0, 0.1) is 17.2 Å². The van der Waals surface area contributed by atoms with Crippen molar-refractivity contribution in [3.8, 4) is 6.07 Å². The Bertz CT molecular complexity index is 503. The molecule has 0 amide bonds. The molecule has 1 aliphatic heterocycles. The van der Waals surface area contributed by atoms with Crippen LogP contribution in [0.1, 0.15) is 44.1 Å². The van der Waals surface area contributed by atoms with Crippen molar-refractivity contribution in [3.63, 3.8) is 0 Å². The summed E-state index contributed by atoms with van der Waals surface area (Å²) in [6.07, 6.45) is 9.49. The Kier molecular flexibility index (Phi) is 3.29. The molecular formula is C15H20N4. The van der Waals surface area contributed by atoms with Gasteiger partial charge in [-0.15, -0.1) is 0 Å². The van der Waals surface area contributed by atoms with Crippen molar-refractivity contribution in [2.24, 2.45) is 5.92 Å². The van der Waals surface area contributed by atoms with Crippen molar-refractivity contribution in [2.75, 3.05) is 17.2 Å². The van der Waals surface area contributed by atoms with Crippen LogP contribution in [0.15, 0.2) is 12.3 Å². The van der Waals surface area contributed by atoms with Gasteiger partial charge in [-0.2, -0.15) is 5.26 Å². The Morgan fingerprint density at radius 2 is 2.05 bits per heavy atom. The van der Waals surface area contributed by atoms with Gasteiger partial charge in [0.15, 0.2) is 5.82 Å². The highest BCUT2D eigenvalue weighted by Crippen LogP contribution is 2.38. The maximum Gasteiger partial charge on any atom is 0.152 e. The molecule has 2 aliphatic rings. The molecule has 1 aromatic heterocycles. The molecule has 0 spiro atoms. The lowest BCUT2D eigenvalue weighted by molar-refractivity contribution is 0.243. The number of hydrogen-bond donors (Lipinski definition) is 1. The molecule has 0 radical (unpaired) electrons. The number of fused-ring (bicyclic) bond motifs is 1. The van der Waals surface area contributed by atoms with Gasteiger partial charge in [0.2, 0.25) is 0 Å². The van der Waals surface area contributed by atoms with Crippen LogP contribution in [-0.2, 0) is 0 Å². The fourth-order valence-corrected chi connectivity index (χ4v) is 3.66. The average molecular weight is 256 g/mol. The van der Waals surface area contributed by atoms with Gasteiger partial charge in [0, 0.05) is 18.8 Å². The molecule has 1 saturated carbocycles. The van der Waals surface area contributed by atoms with Crippen molar-refractivity contribution < 1.29 is 0 Å². The summed E-state index contributed by atoms with van der Waals surface area (Å²) in [5.41, 5.74) is 7.28. The lowest BCUT2D eigenvalue weighted by Crippen LogP contribution is -2.47. The summed E-state index contributed by atoms with van der Waals surface area (Å²) in [7, 11) is 0. The van der Waals surface area contributed by atoms with E-state index < -0.39 is 0 Å². The number of nitriles is 1. The predicted octanol–water partition coefficient (Wildman–Crippen LogP) is 2.69. The molecule has 1 saturated heterocycles. The summed E-state index contributed by atoms with van der Waals surface area (Å²) in [5, 5.41) is 8.89. The van der Waals surface area contributed by atoms with Crippen LogP contribution in [0.25, 0.3) is 0 Å². The smallest absolute Gasteiger partial charge is 0.152 e. The molecule has 100 valence electrons. The van der Waals surface area contributed by atoms with Crippen LogP contribution >= 0.6 is 0 Å². The van der Waals surface area contributed by atoms with Gasteiger partial charge in [-0.3, -0.25) is 0 Å². The third-order valence-corrected chi connectivity index (χ3v) is 4.54. The number of rotatable bonds is 1. The van der Waals surface area contributed by atoms with Crippen molar-refractivity contribution in [2.45, 2.75) is 44.6 Å². The molecule has 0 aromatic carbocycles. The normalized spacial score (nSPS) is 26.6. The zero-order valence-corrected chi connectivity index (χ0v) is 11.2. The molecule has 4 heteroatoms. The average Bonchev–Trinajstić information content (AvgIpc) is 2.46. The largest absolute Gasteiger partial charge is 0.396 e. The molecule has 0 bridgehead atoms. The zero-order valence-electron chi connectivity index (χ0n) is 11.2. The van der Waals surface area contributed by atoms with Gasteiger partial charge >= 0.3 is 0 Å². The van der Waals surface area contributed by atoms with Crippen molar-refractivity contribution in [3.05, 3.63) is 17.8 Å². The highest BCUT2D eigenvalue weighted by molar-refractivity contribution is 5.65. The van der Waals surface area contributed by atoms with Crippen molar-refractivity contribution in [1.82, 2.24) is 4.98 Å². The number of aromatic nitrogens is 1. The molecule has 2 fully saturated rings. The first-order valence-electron chi connectivity index (χ1n) is 7.22. The van der Waals surface area contributed by atoms with E-state index in [1.54, 1.807) is 12.3 Å². The number of piperidine rings is 1. The highest BCUT2D eigenvalue weighted by atomic mass is 15.2. The zero-order chi connectivity index (χ0) is 13.2. The minimum atomic E-state index is 0.540. The third-order valence-electron chi connectivity index (χ3n) is 4.54. The van der Waals surface area contributed by atoms with E-state index in [0.29, 0.717) is 17.3 Å². The molecule has 2 N–H and O–H groups in total. The van der Waals surface area contributed by atoms with Gasteiger partial charge in [0.25, 0.3) is 0 Å². The minimum Gasteiger partial charge on any atom is -0.396 e. The summed E-state index contributed by atoms with van der Waals surface area (Å²) in [6.45, 7) is 1.05. The van der Waals surface area contributed by atoms with E-state index in [1.165, 1.54) is 38.5 Å². The molecule has 3 rings (SSSR count). The van der Waals surface area contributed by atoms with E-state index in [0.717, 1.165) is 18.3 Å². The molecular weight excluding hydrogens is 236 g/mol. The summed E-state index contributed by atoms with van der Waals surface area (Å²) >= 11 is 0. The Labute approximate surface area is 114 Å². The first-order chi connectivity index (χ1) is 9.29. The van der Waals surface area contributed by atoms with Crippen LogP contribution in [0.5, 0.6) is 0 Å². The first kappa shape index (κ1) is 12.3. The maximum absolute atomic E-state index is 8.89. The number of nitrogen functional groups attached to an aromatic ring is 1. The molecule has 2 atom stereocenters. The standard InChI is InChI=1S/C15H20N4/c16-9-11-8-13(17)15(18-10-11)19-7-3-5-12-4-1-2-6-14(12)19/h8,10,12,14H,1-7,17H2/t12-,14-/m1/s1. The summed E-state index contributed by atoms with van der Waals surface area (Å²) in [4.78, 5) is 6.83. The van der Waals surface area contributed by atoms with E-state index in [2.05, 4.69) is 16.0 Å². The Hall–Kier alpha value is -1.76. The quantitative estimate of drug-likeness (QED) is 0.839. The summed E-state index contributed by atoms with van der Waals surface area (Å²) in [6, 6.07) is 4.44. The van der Waals surface area contributed by atoms with Crippen LogP contribution in [0.3, 0.4) is 0 Å². The Morgan fingerprint density at radius 3 is 2.84 bits per heavy atom. The van der Waals surface area contributed by atoms with Gasteiger partial charge in [0.1, 0.15) is 6.07 Å². The van der Waals surface area contributed by atoms with Crippen molar-refractivity contribution >= 4 is 11.5 Å². The second-order valence-electron chi connectivity index (χ2n) is 5.70. The van der Waals surface area contributed by atoms with Gasteiger partial charge in [0.05, 0.1) is 11.3 Å². The number of anilines is 2. The Balaban J connectivity index is 1.90. The topological polar surface area (TPSA) is 65.9 Å². The summed E-state index contributed by atoms with van der Waals surface area (Å²) < 4.78 is 0. The predicted molar refractivity (Wildman–Crippen MR) is 75.7 cm³/mol. The third kappa shape index (κ3) is 2.25. The second-order valence-corrected chi connectivity index (χ2v) is 5.70. The van der Waals surface area contributed by atoms with E-state index in [4.69, 9.17) is 11.0 Å². The fourth-order valence-electron chi connectivity index (χ4n) is 3.66. The lowest BCUT2D eigenvalue weighted by Gasteiger charge is -2.45. The number of pyridine rings is 1. The molecule has 4 nitrogen and oxygen atoms in total. The van der Waals surface area contributed by atoms with Crippen LogP contribution < -0.4 is 10.6 Å². The molecule has 0 unspecified atom stereocenters. The van der Waals surface area contributed by atoms with E-state index in [9.17, 15) is 0 Å². The van der Waals surface area contributed by atoms with Crippen molar-refractivity contribution in [1.29, 1.82) is 5.26 Å². The lowest BCUT2D eigenvalue weighted by atomic mass is 9.78. The van der Waals surface area contributed by atoms with Gasteiger partial charge in [-0.1, -0.05) is 12.8 Å². The van der Waals surface area contributed by atoms with Crippen LogP contribution in [0.2, 0.25) is 0 Å². The molecule has 2 heterocycles. The highest BCUT2D eigenvalue weighted by Gasteiger charge is 2.34. The fraction of sp³-hybridized carbons (Fsp3) is 0.600. The number of nitrogens with zero attached hydrogens (tertiary/aromatic N) is 3. The number of nitrogens with two attached hydrogens (primary N) is 1. The Morgan fingerprint density at radius 1 is 1.26 bits per heavy atom. The maximum atomic E-state index is 8.89. The van der Waals surface area contributed by atoms with E-state index >= 15 is 0 Å². The van der Waals surface area contributed by atoms with Crippen LogP contribution in [0.4, 0.5) is 11.5 Å². The van der Waals surface area contributed by atoms with Crippen LogP contribution in [-0.4, -0.2) is 17.6 Å². The SMILES string of the molecule is N#Cc1cnc(N2CCC[C@H]3CCCC[C@H]32)c(N)c1. The van der Waals surface area contributed by atoms with E-state index in [-0.39, 0.29) is 0 Å². The van der Waals surface area contributed by atoms with E-state index in [1.807, 2.05) is 0 Å². The number of hydrogen-bond acceptors (Lipinski definition) is 4. The molecule has 1 aromatic rings. The summed E-state index contributed by atoms with van der Waals surface area (Å²) in [5.74, 6) is 1.69. The van der Waals surface area contributed by atoms with Gasteiger partial charge < -0.3 is 10.6 Å². The van der Waals surface area contributed by atoms with Gasteiger partial charge in [-0.25, -0.2) is 4.98 Å². The first-order valence-corrected chi connectivity index (χ1v) is 7.22. The molecule has 1 aliphatic carbocycles. The van der Waals surface area contributed by atoms with Gasteiger partial charge in [-0.05, 0) is 37.7 Å².